The summed E-state index contributed by atoms with van der Waals surface area (Å²) in [5, 5.41) is 6.64. The van der Waals surface area contributed by atoms with Crippen LogP contribution in [0, 0.1) is 17.3 Å². The summed E-state index contributed by atoms with van der Waals surface area (Å²) >= 11 is 0. The highest BCUT2D eigenvalue weighted by Crippen LogP contribution is 2.56. The first-order valence-corrected chi connectivity index (χ1v) is 11.7. The normalized spacial score (nSPS) is 27.1. The van der Waals surface area contributed by atoms with Crippen LogP contribution in [0.15, 0.2) is 24.3 Å². The van der Waals surface area contributed by atoms with Crippen molar-refractivity contribution in [3.8, 4) is 0 Å². The van der Waals surface area contributed by atoms with Gasteiger partial charge in [-0.2, -0.15) is 0 Å². The number of amides is 2. The predicted molar refractivity (Wildman–Crippen MR) is 113 cm³/mol. The van der Waals surface area contributed by atoms with Crippen molar-refractivity contribution in [2.75, 3.05) is 6.54 Å². The highest BCUT2D eigenvalue weighted by Gasteiger charge is 2.55. The van der Waals surface area contributed by atoms with E-state index in [1.54, 1.807) is 0 Å². The summed E-state index contributed by atoms with van der Waals surface area (Å²) in [6.07, 6.45) is 11.5. The zero-order valence-corrected chi connectivity index (χ0v) is 17.6. The number of fused-ring (bicyclic) bond motifs is 1. The first-order valence-electron chi connectivity index (χ1n) is 11.7. The minimum atomic E-state index is -0.333. The monoisotopic (exact) mass is 394 g/mol. The van der Waals surface area contributed by atoms with Crippen LogP contribution in [0.25, 0.3) is 0 Å². The average Bonchev–Trinajstić information content (AvgIpc) is 3.61. The largest absolute Gasteiger partial charge is 0.353 e. The Morgan fingerprint density at radius 1 is 1.07 bits per heavy atom. The van der Waals surface area contributed by atoms with E-state index in [0.717, 1.165) is 32.1 Å². The first kappa shape index (κ1) is 19.1. The Balaban J connectivity index is 1.21. The molecule has 1 aromatic carbocycles. The Hall–Kier alpha value is -1.84. The number of hydrogen-bond donors (Lipinski definition) is 2. The summed E-state index contributed by atoms with van der Waals surface area (Å²) in [6, 6.07) is 8.23. The Kier molecular flexibility index (Phi) is 4.71. The maximum Gasteiger partial charge on any atom is 0.228 e. The van der Waals surface area contributed by atoms with Crippen LogP contribution in [0.4, 0.5) is 0 Å². The van der Waals surface area contributed by atoms with Crippen LogP contribution >= 0.6 is 0 Å². The van der Waals surface area contributed by atoms with Crippen molar-refractivity contribution in [3.05, 3.63) is 35.4 Å². The molecule has 0 saturated heterocycles. The molecule has 0 heterocycles. The fraction of sp³-hybridized carbons (Fsp3) is 0.680. The van der Waals surface area contributed by atoms with E-state index < -0.39 is 0 Å². The maximum atomic E-state index is 13.1. The van der Waals surface area contributed by atoms with Gasteiger partial charge < -0.3 is 10.6 Å². The van der Waals surface area contributed by atoms with Crippen LogP contribution in [0.2, 0.25) is 0 Å². The van der Waals surface area contributed by atoms with Crippen LogP contribution in [0.1, 0.15) is 81.8 Å². The fourth-order valence-electron chi connectivity index (χ4n) is 5.92. The second-order valence-corrected chi connectivity index (χ2v) is 10.3. The van der Waals surface area contributed by atoms with E-state index >= 15 is 0 Å². The van der Waals surface area contributed by atoms with Gasteiger partial charge in [0.25, 0.3) is 0 Å². The van der Waals surface area contributed by atoms with Gasteiger partial charge in [-0.05, 0) is 74.8 Å². The smallest absolute Gasteiger partial charge is 0.228 e. The minimum absolute atomic E-state index is 0.0306. The molecule has 2 N–H and O–H groups in total. The third-order valence-electron chi connectivity index (χ3n) is 8.30. The Morgan fingerprint density at radius 3 is 2.45 bits per heavy atom. The van der Waals surface area contributed by atoms with Gasteiger partial charge in [-0.15, -0.1) is 0 Å². The van der Waals surface area contributed by atoms with Crippen LogP contribution in [-0.4, -0.2) is 23.9 Å². The minimum Gasteiger partial charge on any atom is -0.353 e. The van der Waals surface area contributed by atoms with Gasteiger partial charge in [0.05, 0.1) is 16.9 Å². The van der Waals surface area contributed by atoms with E-state index in [1.165, 1.54) is 43.2 Å². The molecule has 4 aliphatic rings. The third-order valence-corrected chi connectivity index (χ3v) is 8.30. The third kappa shape index (κ3) is 3.49. The number of carbonyl (C=O) groups excluding carboxylic acids is 2. The van der Waals surface area contributed by atoms with Crippen LogP contribution in [-0.2, 0) is 16.0 Å². The lowest BCUT2D eigenvalue weighted by molar-refractivity contribution is -0.130. The summed E-state index contributed by atoms with van der Waals surface area (Å²) < 4.78 is 0. The van der Waals surface area contributed by atoms with Gasteiger partial charge in [-0.3, -0.25) is 9.59 Å². The molecule has 2 amide bonds. The number of rotatable bonds is 7. The van der Waals surface area contributed by atoms with Crippen molar-refractivity contribution in [2.24, 2.45) is 17.3 Å². The highest BCUT2D eigenvalue weighted by molar-refractivity contribution is 5.88. The molecule has 5 rings (SSSR count). The van der Waals surface area contributed by atoms with Crippen LogP contribution < -0.4 is 10.6 Å². The molecule has 0 aromatic heterocycles. The topological polar surface area (TPSA) is 58.2 Å². The van der Waals surface area contributed by atoms with E-state index in [4.69, 9.17) is 0 Å². The van der Waals surface area contributed by atoms with Crippen LogP contribution in [0.3, 0.4) is 0 Å². The molecule has 0 bridgehead atoms. The Morgan fingerprint density at radius 2 is 1.79 bits per heavy atom. The molecule has 0 aliphatic heterocycles. The second kappa shape index (κ2) is 7.14. The zero-order valence-electron chi connectivity index (χ0n) is 17.6. The number of hydrogen-bond acceptors (Lipinski definition) is 2. The molecule has 29 heavy (non-hydrogen) atoms. The van der Waals surface area contributed by atoms with E-state index in [9.17, 15) is 9.59 Å². The lowest BCUT2D eigenvalue weighted by atomic mass is 9.76. The molecule has 3 saturated carbocycles. The van der Waals surface area contributed by atoms with Gasteiger partial charge in [-0.25, -0.2) is 0 Å². The van der Waals surface area contributed by atoms with Gasteiger partial charge in [0.15, 0.2) is 0 Å². The summed E-state index contributed by atoms with van der Waals surface area (Å²) in [5.41, 5.74) is 2.03. The van der Waals surface area contributed by atoms with Gasteiger partial charge in [0.2, 0.25) is 11.8 Å². The molecule has 4 aliphatic carbocycles. The van der Waals surface area contributed by atoms with Gasteiger partial charge in [-0.1, -0.05) is 43.5 Å². The molecule has 0 spiro atoms. The van der Waals surface area contributed by atoms with Gasteiger partial charge in [0, 0.05) is 6.54 Å². The van der Waals surface area contributed by atoms with Crippen molar-refractivity contribution < 1.29 is 9.59 Å². The van der Waals surface area contributed by atoms with E-state index in [0.29, 0.717) is 18.4 Å². The van der Waals surface area contributed by atoms with Crippen molar-refractivity contribution in [1.82, 2.24) is 10.6 Å². The van der Waals surface area contributed by atoms with Crippen molar-refractivity contribution >= 4 is 11.8 Å². The quantitative estimate of drug-likeness (QED) is 0.732. The molecule has 0 radical (unpaired) electrons. The van der Waals surface area contributed by atoms with Gasteiger partial charge >= 0.3 is 0 Å². The molecular weight excluding hydrogens is 360 g/mol. The molecule has 4 nitrogen and oxygen atoms in total. The standard InChI is InChI=1S/C25H34N2O2/c1-24(18-11-12-18,27-22(28)21-15-17-7-5-6-10-20(17)21)16-26-23(29)25(13-14-25)19-8-3-2-4-9-19/h5-7,10,18-19,21H,2-4,8-9,11-16H2,1H3,(H,26,29)(H,27,28). The Labute approximate surface area is 174 Å². The molecule has 1 aromatic rings. The van der Waals surface area contributed by atoms with Gasteiger partial charge in [0.1, 0.15) is 0 Å². The first-order chi connectivity index (χ1) is 14.0. The molecular formula is C25H34N2O2. The van der Waals surface area contributed by atoms with Crippen molar-refractivity contribution in [3.63, 3.8) is 0 Å². The maximum absolute atomic E-state index is 13.1. The fourth-order valence-corrected chi connectivity index (χ4v) is 5.92. The Bertz CT molecular complexity index is 805. The second-order valence-electron chi connectivity index (χ2n) is 10.3. The molecule has 4 heteroatoms. The lowest BCUT2D eigenvalue weighted by Crippen LogP contribution is -2.57. The molecule has 2 atom stereocenters. The summed E-state index contributed by atoms with van der Waals surface area (Å²) in [6.45, 7) is 2.69. The summed E-state index contributed by atoms with van der Waals surface area (Å²) in [5.74, 6) is 1.40. The molecule has 156 valence electrons. The number of benzene rings is 1. The molecule has 3 fully saturated rings. The average molecular weight is 395 g/mol. The van der Waals surface area contributed by atoms with Crippen molar-refractivity contribution in [2.45, 2.75) is 82.6 Å². The number of nitrogens with one attached hydrogen (secondary N) is 2. The lowest BCUT2D eigenvalue weighted by Gasteiger charge is -2.37. The van der Waals surface area contributed by atoms with Crippen LogP contribution in [0.5, 0.6) is 0 Å². The van der Waals surface area contributed by atoms with Crippen molar-refractivity contribution in [1.29, 1.82) is 0 Å². The summed E-state index contributed by atoms with van der Waals surface area (Å²) in [7, 11) is 0. The summed E-state index contributed by atoms with van der Waals surface area (Å²) in [4.78, 5) is 26.2. The molecule has 2 unspecified atom stereocenters. The number of carbonyl (C=O) groups is 2. The SMILES string of the molecule is CC(CNC(=O)C1(C2CCCCC2)CC1)(NC(=O)C1Cc2ccccc21)C1CC1. The van der Waals surface area contributed by atoms with E-state index in [1.807, 2.05) is 12.1 Å². The predicted octanol–water partition coefficient (Wildman–Crippen LogP) is 4.09. The van der Waals surface area contributed by atoms with E-state index in [-0.39, 0.29) is 28.7 Å². The highest BCUT2D eigenvalue weighted by atomic mass is 16.2. The zero-order chi connectivity index (χ0) is 20.1. The van der Waals surface area contributed by atoms with E-state index in [2.05, 4.69) is 29.7 Å².